The molecular formula is C13H20N2. The van der Waals surface area contributed by atoms with Gasteiger partial charge in [-0.25, -0.2) is 0 Å². The summed E-state index contributed by atoms with van der Waals surface area (Å²) >= 11 is 0. The predicted molar refractivity (Wildman–Crippen MR) is 65.1 cm³/mol. The van der Waals surface area contributed by atoms with E-state index in [0.717, 1.165) is 13.1 Å². The predicted octanol–water partition coefficient (Wildman–Crippen LogP) is 2.79. The van der Waals surface area contributed by atoms with E-state index in [4.69, 9.17) is 0 Å². The molecule has 1 aliphatic rings. The van der Waals surface area contributed by atoms with Gasteiger partial charge in [0.1, 0.15) is 0 Å². The van der Waals surface area contributed by atoms with Gasteiger partial charge in [0.15, 0.2) is 0 Å². The number of hydrogen-bond donors (Lipinski definition) is 2. The third-order valence-corrected chi connectivity index (χ3v) is 2.86. The SMILES string of the molecule is CC(C)CNC1CCNc2ccccc21. The molecule has 1 atom stereocenters. The van der Waals surface area contributed by atoms with Crippen molar-refractivity contribution >= 4 is 5.69 Å². The molecule has 2 N–H and O–H groups in total. The van der Waals surface area contributed by atoms with Crippen molar-refractivity contribution < 1.29 is 0 Å². The summed E-state index contributed by atoms with van der Waals surface area (Å²) in [6.45, 7) is 6.67. The van der Waals surface area contributed by atoms with Crippen molar-refractivity contribution in [1.82, 2.24) is 5.32 Å². The van der Waals surface area contributed by atoms with Crippen molar-refractivity contribution in [2.45, 2.75) is 26.3 Å². The van der Waals surface area contributed by atoms with E-state index in [-0.39, 0.29) is 0 Å². The summed E-state index contributed by atoms with van der Waals surface area (Å²) in [6, 6.07) is 9.13. The number of anilines is 1. The molecule has 2 nitrogen and oxygen atoms in total. The highest BCUT2D eigenvalue weighted by Gasteiger charge is 2.18. The second kappa shape index (κ2) is 4.67. The van der Waals surface area contributed by atoms with Crippen molar-refractivity contribution in [3.05, 3.63) is 29.8 Å². The second-order valence-corrected chi connectivity index (χ2v) is 4.66. The van der Waals surface area contributed by atoms with Crippen molar-refractivity contribution in [1.29, 1.82) is 0 Å². The molecule has 0 radical (unpaired) electrons. The third-order valence-electron chi connectivity index (χ3n) is 2.86. The molecule has 0 aromatic heterocycles. The first-order valence-corrected chi connectivity index (χ1v) is 5.83. The van der Waals surface area contributed by atoms with Crippen molar-refractivity contribution in [2.75, 3.05) is 18.4 Å². The van der Waals surface area contributed by atoms with Crippen LogP contribution in [0.15, 0.2) is 24.3 Å². The van der Waals surface area contributed by atoms with Crippen LogP contribution in [0.3, 0.4) is 0 Å². The molecule has 0 amide bonds. The number of benzene rings is 1. The first-order chi connectivity index (χ1) is 7.27. The lowest BCUT2D eigenvalue weighted by Crippen LogP contribution is -2.30. The molecule has 0 bridgehead atoms. The smallest absolute Gasteiger partial charge is 0.0388 e. The van der Waals surface area contributed by atoms with E-state index in [2.05, 4.69) is 48.7 Å². The Kier molecular flexibility index (Phi) is 3.27. The zero-order valence-corrected chi connectivity index (χ0v) is 9.59. The van der Waals surface area contributed by atoms with Gasteiger partial charge in [-0.1, -0.05) is 32.0 Å². The van der Waals surface area contributed by atoms with Gasteiger partial charge < -0.3 is 10.6 Å². The Balaban J connectivity index is 2.08. The number of hydrogen-bond acceptors (Lipinski definition) is 2. The van der Waals surface area contributed by atoms with Crippen LogP contribution in [0.5, 0.6) is 0 Å². The van der Waals surface area contributed by atoms with Crippen LogP contribution in [0.25, 0.3) is 0 Å². The van der Waals surface area contributed by atoms with Crippen LogP contribution in [0.1, 0.15) is 31.9 Å². The average molecular weight is 204 g/mol. The molecule has 2 heteroatoms. The fourth-order valence-electron chi connectivity index (χ4n) is 2.06. The van der Waals surface area contributed by atoms with Gasteiger partial charge in [0.05, 0.1) is 0 Å². The van der Waals surface area contributed by atoms with Gasteiger partial charge in [0, 0.05) is 18.3 Å². The lowest BCUT2D eigenvalue weighted by Gasteiger charge is -2.28. The molecule has 0 fully saturated rings. The van der Waals surface area contributed by atoms with Crippen LogP contribution in [0, 0.1) is 5.92 Å². The summed E-state index contributed by atoms with van der Waals surface area (Å²) in [6.07, 6.45) is 1.18. The average Bonchev–Trinajstić information content (AvgIpc) is 2.26. The highest BCUT2D eigenvalue weighted by atomic mass is 15.0. The van der Waals surface area contributed by atoms with Gasteiger partial charge in [0.2, 0.25) is 0 Å². The van der Waals surface area contributed by atoms with Gasteiger partial charge in [-0.05, 0) is 30.5 Å². The van der Waals surface area contributed by atoms with Crippen molar-refractivity contribution in [3.63, 3.8) is 0 Å². The number of fused-ring (bicyclic) bond motifs is 1. The van der Waals surface area contributed by atoms with Crippen LogP contribution in [0.4, 0.5) is 5.69 Å². The Morgan fingerprint density at radius 3 is 3.00 bits per heavy atom. The van der Waals surface area contributed by atoms with E-state index >= 15 is 0 Å². The van der Waals surface area contributed by atoms with E-state index in [1.54, 1.807) is 0 Å². The van der Waals surface area contributed by atoms with Crippen LogP contribution >= 0.6 is 0 Å². The topological polar surface area (TPSA) is 24.1 Å². The Hall–Kier alpha value is -1.02. The molecule has 1 aromatic rings. The Morgan fingerprint density at radius 2 is 2.20 bits per heavy atom. The maximum Gasteiger partial charge on any atom is 0.0388 e. The molecule has 1 heterocycles. The van der Waals surface area contributed by atoms with Gasteiger partial charge in [0.25, 0.3) is 0 Å². The molecular weight excluding hydrogens is 184 g/mol. The summed E-state index contributed by atoms with van der Waals surface area (Å²) in [4.78, 5) is 0. The summed E-state index contributed by atoms with van der Waals surface area (Å²) < 4.78 is 0. The van der Waals surface area contributed by atoms with Crippen LogP contribution in [-0.4, -0.2) is 13.1 Å². The fourth-order valence-corrected chi connectivity index (χ4v) is 2.06. The van der Waals surface area contributed by atoms with E-state index in [9.17, 15) is 0 Å². The molecule has 1 aromatic carbocycles. The Bertz CT molecular complexity index is 320. The van der Waals surface area contributed by atoms with Crippen LogP contribution < -0.4 is 10.6 Å². The quantitative estimate of drug-likeness (QED) is 0.791. The van der Waals surface area contributed by atoms with E-state index in [1.165, 1.54) is 17.7 Å². The van der Waals surface area contributed by atoms with E-state index < -0.39 is 0 Å². The highest BCUT2D eigenvalue weighted by Crippen LogP contribution is 2.29. The van der Waals surface area contributed by atoms with Crippen molar-refractivity contribution in [3.8, 4) is 0 Å². The third kappa shape index (κ3) is 2.51. The molecule has 1 aliphatic heterocycles. The Labute approximate surface area is 92.1 Å². The van der Waals surface area contributed by atoms with Gasteiger partial charge in [-0.2, -0.15) is 0 Å². The minimum absolute atomic E-state index is 0.532. The summed E-state index contributed by atoms with van der Waals surface area (Å²) in [5.74, 6) is 0.715. The minimum Gasteiger partial charge on any atom is -0.385 e. The van der Waals surface area contributed by atoms with Gasteiger partial charge >= 0.3 is 0 Å². The number of rotatable bonds is 3. The number of nitrogens with one attached hydrogen (secondary N) is 2. The number of para-hydroxylation sites is 1. The largest absolute Gasteiger partial charge is 0.385 e. The summed E-state index contributed by atoms with van der Waals surface area (Å²) in [7, 11) is 0. The maximum absolute atomic E-state index is 3.64. The first kappa shape index (κ1) is 10.5. The molecule has 2 rings (SSSR count). The highest BCUT2D eigenvalue weighted by molar-refractivity contribution is 5.54. The van der Waals surface area contributed by atoms with Gasteiger partial charge in [-0.3, -0.25) is 0 Å². The lowest BCUT2D eigenvalue weighted by atomic mass is 9.97. The monoisotopic (exact) mass is 204 g/mol. The lowest BCUT2D eigenvalue weighted by molar-refractivity contribution is 0.454. The second-order valence-electron chi connectivity index (χ2n) is 4.66. The molecule has 0 aliphatic carbocycles. The van der Waals surface area contributed by atoms with Crippen LogP contribution in [-0.2, 0) is 0 Å². The van der Waals surface area contributed by atoms with E-state index in [0.29, 0.717) is 12.0 Å². The molecule has 15 heavy (non-hydrogen) atoms. The molecule has 0 saturated heterocycles. The minimum atomic E-state index is 0.532. The maximum atomic E-state index is 3.64. The normalized spacial score (nSPS) is 19.8. The fraction of sp³-hybridized carbons (Fsp3) is 0.538. The zero-order valence-electron chi connectivity index (χ0n) is 9.59. The Morgan fingerprint density at radius 1 is 1.40 bits per heavy atom. The molecule has 0 saturated carbocycles. The summed E-state index contributed by atoms with van der Waals surface area (Å²) in [5, 5.41) is 7.08. The van der Waals surface area contributed by atoms with Crippen LogP contribution in [0.2, 0.25) is 0 Å². The zero-order chi connectivity index (χ0) is 10.7. The summed E-state index contributed by atoms with van der Waals surface area (Å²) in [5.41, 5.74) is 2.72. The molecule has 82 valence electrons. The van der Waals surface area contributed by atoms with Gasteiger partial charge in [-0.15, -0.1) is 0 Å². The molecule has 0 spiro atoms. The standard InChI is InChI=1S/C13H20N2/c1-10(2)9-15-13-7-8-14-12-6-4-3-5-11(12)13/h3-6,10,13-15H,7-9H2,1-2H3. The van der Waals surface area contributed by atoms with E-state index in [1.807, 2.05) is 0 Å². The molecule has 1 unspecified atom stereocenters. The first-order valence-electron chi connectivity index (χ1n) is 5.83. The van der Waals surface area contributed by atoms with Crippen molar-refractivity contribution in [2.24, 2.45) is 5.92 Å².